The molecule has 2 aromatic carbocycles. The molecular formula is C23H23ClN2O5S. The Hall–Kier alpha value is -3.10. The number of nitrogens with zero attached hydrogens (tertiary/aromatic N) is 1. The second-order valence-corrected chi connectivity index (χ2v) is 8.37. The highest BCUT2D eigenvalue weighted by Crippen LogP contribution is 2.31. The van der Waals surface area contributed by atoms with Crippen LogP contribution >= 0.6 is 11.6 Å². The summed E-state index contributed by atoms with van der Waals surface area (Å²) in [6.45, 7) is 2.11. The summed E-state index contributed by atoms with van der Waals surface area (Å²) in [6, 6.07) is 12.4. The van der Waals surface area contributed by atoms with Crippen molar-refractivity contribution >= 4 is 51.4 Å². The smallest absolute Gasteiger partial charge is 0.356 e. The molecule has 1 N–H and O–H groups in total. The van der Waals surface area contributed by atoms with Crippen LogP contribution in [0.4, 0.5) is 0 Å². The van der Waals surface area contributed by atoms with Gasteiger partial charge in [-0.15, -0.1) is 0 Å². The van der Waals surface area contributed by atoms with Gasteiger partial charge in [-0.1, -0.05) is 35.9 Å². The molecule has 0 saturated carbocycles. The molecule has 7 nitrogen and oxygen atoms in total. The number of aromatic nitrogens is 1. The third kappa shape index (κ3) is 5.03. The van der Waals surface area contributed by atoms with Gasteiger partial charge in [-0.2, -0.15) is 0 Å². The van der Waals surface area contributed by atoms with Gasteiger partial charge in [-0.25, -0.2) is 9.00 Å². The van der Waals surface area contributed by atoms with Crippen LogP contribution in [-0.4, -0.2) is 40.0 Å². The number of para-hydroxylation sites is 1. The molecule has 3 aromatic rings. The van der Waals surface area contributed by atoms with E-state index in [-0.39, 0.29) is 24.8 Å². The van der Waals surface area contributed by atoms with E-state index < -0.39 is 17.0 Å². The lowest BCUT2D eigenvalue weighted by molar-refractivity contribution is -0.116. The molecule has 168 valence electrons. The number of hydrogen-bond donors (Lipinski definition) is 1. The van der Waals surface area contributed by atoms with Crippen LogP contribution in [0.25, 0.3) is 17.0 Å². The maximum atomic E-state index is 12.7. The quantitative estimate of drug-likeness (QED) is 0.394. The second kappa shape index (κ2) is 10.5. The van der Waals surface area contributed by atoms with Gasteiger partial charge in [0.15, 0.2) is 0 Å². The Balaban J connectivity index is 1.97. The average Bonchev–Trinajstić information content (AvgIpc) is 3.10. The van der Waals surface area contributed by atoms with Crippen LogP contribution in [0.15, 0.2) is 48.5 Å². The number of carbonyl (C=O) groups is 2. The number of halogens is 1. The van der Waals surface area contributed by atoms with E-state index >= 15 is 0 Å². The van der Waals surface area contributed by atoms with Crippen molar-refractivity contribution in [2.45, 2.75) is 13.5 Å². The number of carbonyl (C=O) groups excluding carboxylic acids is 2. The summed E-state index contributed by atoms with van der Waals surface area (Å²) < 4.78 is 24.3. The zero-order valence-electron chi connectivity index (χ0n) is 17.9. The van der Waals surface area contributed by atoms with Crippen molar-refractivity contribution in [1.29, 1.82) is 0 Å². The van der Waals surface area contributed by atoms with Crippen molar-refractivity contribution < 1.29 is 23.3 Å². The van der Waals surface area contributed by atoms with Crippen molar-refractivity contribution in [1.82, 2.24) is 9.29 Å². The molecule has 0 fully saturated rings. The first-order chi connectivity index (χ1) is 15.4. The van der Waals surface area contributed by atoms with Crippen LogP contribution in [0.2, 0.25) is 5.02 Å². The Labute approximate surface area is 193 Å². The predicted molar refractivity (Wildman–Crippen MR) is 126 cm³/mol. The summed E-state index contributed by atoms with van der Waals surface area (Å²) in [5.74, 6) is -0.325. The number of esters is 1. The lowest BCUT2D eigenvalue weighted by atomic mass is 10.1. The first kappa shape index (κ1) is 23.6. The van der Waals surface area contributed by atoms with Gasteiger partial charge in [0.1, 0.15) is 22.4 Å². The maximum Gasteiger partial charge on any atom is 0.356 e. The predicted octanol–water partition coefficient (Wildman–Crippen LogP) is 3.95. The molecule has 9 heteroatoms. The van der Waals surface area contributed by atoms with Crippen molar-refractivity contribution in [3.8, 4) is 5.75 Å². The molecule has 1 unspecified atom stereocenters. The molecular weight excluding hydrogens is 452 g/mol. The molecule has 1 aromatic heterocycles. The zero-order valence-corrected chi connectivity index (χ0v) is 19.5. The highest BCUT2D eigenvalue weighted by atomic mass is 35.5. The standard InChI is InChI=1S/C23H23ClN2O5S/c1-4-31-23(28)22-18(17-10-9-16(24)13-19(17)26(22)32(3)29)11-12-21(27)25-14-15-7-5-6-8-20(15)30-2/h5-13H,4,14H2,1-3H3,(H,25,27)/b12-11+. The molecule has 0 radical (unpaired) electrons. The van der Waals surface area contributed by atoms with Gasteiger partial charge in [0.25, 0.3) is 0 Å². The lowest BCUT2D eigenvalue weighted by Crippen LogP contribution is -2.20. The van der Waals surface area contributed by atoms with E-state index in [1.165, 1.54) is 22.4 Å². The molecule has 1 atom stereocenters. The van der Waals surface area contributed by atoms with Gasteiger partial charge in [0.05, 0.1) is 19.2 Å². The molecule has 0 bridgehead atoms. The minimum atomic E-state index is -1.56. The number of ether oxygens (including phenoxy) is 2. The third-order valence-corrected chi connectivity index (χ3v) is 5.83. The van der Waals surface area contributed by atoms with E-state index in [9.17, 15) is 13.8 Å². The van der Waals surface area contributed by atoms with Gasteiger partial charge in [-0.3, -0.25) is 8.77 Å². The first-order valence-corrected chi connectivity index (χ1v) is 11.7. The van der Waals surface area contributed by atoms with E-state index in [4.69, 9.17) is 21.1 Å². The van der Waals surface area contributed by atoms with E-state index in [1.54, 1.807) is 32.2 Å². The number of benzene rings is 2. The highest BCUT2D eigenvalue weighted by Gasteiger charge is 2.24. The van der Waals surface area contributed by atoms with Crippen molar-refractivity contribution in [2.24, 2.45) is 0 Å². The summed E-state index contributed by atoms with van der Waals surface area (Å²) >= 11 is 6.13. The lowest BCUT2D eigenvalue weighted by Gasteiger charge is -2.08. The molecule has 0 spiro atoms. The van der Waals surface area contributed by atoms with Crippen LogP contribution in [0.3, 0.4) is 0 Å². The Morgan fingerprint density at radius 3 is 2.66 bits per heavy atom. The normalized spacial score (nSPS) is 12.1. The van der Waals surface area contributed by atoms with Crippen LogP contribution in [0.5, 0.6) is 5.75 Å². The molecule has 32 heavy (non-hydrogen) atoms. The molecule has 1 heterocycles. The molecule has 0 aliphatic heterocycles. The minimum Gasteiger partial charge on any atom is -0.496 e. The second-order valence-electron chi connectivity index (χ2n) is 6.73. The van der Waals surface area contributed by atoms with Crippen LogP contribution in [-0.2, 0) is 27.1 Å². The third-order valence-electron chi connectivity index (χ3n) is 4.70. The Bertz CT molecular complexity index is 1220. The van der Waals surface area contributed by atoms with Gasteiger partial charge < -0.3 is 14.8 Å². The number of methoxy groups -OCH3 is 1. The van der Waals surface area contributed by atoms with E-state index in [2.05, 4.69) is 5.32 Å². The Kier molecular flexibility index (Phi) is 7.71. The number of rotatable bonds is 8. The van der Waals surface area contributed by atoms with Crippen molar-refractivity contribution in [3.63, 3.8) is 0 Å². The fourth-order valence-electron chi connectivity index (χ4n) is 3.34. The van der Waals surface area contributed by atoms with E-state index in [0.717, 1.165) is 5.56 Å². The molecule has 1 amide bonds. The first-order valence-electron chi connectivity index (χ1n) is 9.80. The van der Waals surface area contributed by atoms with Crippen molar-refractivity contribution in [3.05, 3.63) is 70.4 Å². The highest BCUT2D eigenvalue weighted by molar-refractivity contribution is 7.83. The zero-order chi connectivity index (χ0) is 23.3. The molecule has 3 rings (SSSR count). The van der Waals surface area contributed by atoms with Crippen LogP contribution < -0.4 is 10.1 Å². The fourth-order valence-corrected chi connectivity index (χ4v) is 4.36. The summed E-state index contributed by atoms with van der Waals surface area (Å²) in [4.78, 5) is 25.2. The summed E-state index contributed by atoms with van der Waals surface area (Å²) in [5, 5.41) is 3.85. The molecule has 0 aliphatic rings. The summed E-state index contributed by atoms with van der Waals surface area (Å²) in [5.41, 5.74) is 1.86. The Morgan fingerprint density at radius 2 is 1.97 bits per heavy atom. The molecule has 0 saturated heterocycles. The van der Waals surface area contributed by atoms with Gasteiger partial charge in [0.2, 0.25) is 5.91 Å². The van der Waals surface area contributed by atoms with Crippen LogP contribution in [0.1, 0.15) is 28.5 Å². The summed E-state index contributed by atoms with van der Waals surface area (Å²) in [6.07, 6.45) is 4.30. The van der Waals surface area contributed by atoms with Crippen molar-refractivity contribution in [2.75, 3.05) is 20.0 Å². The Morgan fingerprint density at radius 1 is 1.22 bits per heavy atom. The number of fused-ring (bicyclic) bond motifs is 1. The maximum absolute atomic E-state index is 12.7. The van der Waals surface area contributed by atoms with Gasteiger partial charge >= 0.3 is 5.97 Å². The minimum absolute atomic E-state index is 0.0960. The van der Waals surface area contributed by atoms with Gasteiger partial charge in [-0.05, 0) is 31.2 Å². The monoisotopic (exact) mass is 474 g/mol. The van der Waals surface area contributed by atoms with E-state index in [0.29, 0.717) is 27.2 Å². The fraction of sp³-hybridized carbons (Fsp3) is 0.217. The number of amides is 1. The number of nitrogens with one attached hydrogen (secondary N) is 1. The number of hydrogen-bond acceptors (Lipinski definition) is 5. The largest absolute Gasteiger partial charge is 0.496 e. The average molecular weight is 475 g/mol. The van der Waals surface area contributed by atoms with Crippen LogP contribution in [0, 0.1) is 0 Å². The van der Waals surface area contributed by atoms with E-state index in [1.807, 2.05) is 24.3 Å². The van der Waals surface area contributed by atoms with Gasteiger partial charge in [0, 0.05) is 40.4 Å². The topological polar surface area (TPSA) is 86.6 Å². The summed E-state index contributed by atoms with van der Waals surface area (Å²) in [7, 11) is 0.00243. The SMILES string of the molecule is CCOC(=O)c1c(/C=C/C(=O)NCc2ccccc2OC)c2ccc(Cl)cc2n1S(C)=O. The molecule has 0 aliphatic carbocycles.